The standard InChI is InChI=1S/C8H4BrF3N2O/c9-5-2-6(14)7(1-4(5)3-13)15-8(10,11)12/h1-2H,14H2. The molecule has 0 heterocycles. The number of alkyl halides is 3. The molecular formula is C8H4BrF3N2O. The summed E-state index contributed by atoms with van der Waals surface area (Å²) in [4.78, 5) is 0. The molecule has 0 saturated heterocycles. The second-order valence-electron chi connectivity index (χ2n) is 2.53. The highest BCUT2D eigenvalue weighted by molar-refractivity contribution is 9.10. The van der Waals surface area contributed by atoms with E-state index < -0.39 is 12.1 Å². The lowest BCUT2D eigenvalue weighted by molar-refractivity contribution is -0.274. The van der Waals surface area contributed by atoms with E-state index in [1.807, 2.05) is 0 Å². The lowest BCUT2D eigenvalue weighted by Gasteiger charge is -2.11. The number of hydrogen-bond donors (Lipinski definition) is 1. The molecule has 2 N–H and O–H groups in total. The van der Waals surface area contributed by atoms with Crippen LogP contribution in [0.1, 0.15) is 5.56 Å². The third-order valence-electron chi connectivity index (χ3n) is 1.45. The monoisotopic (exact) mass is 280 g/mol. The van der Waals surface area contributed by atoms with Crippen molar-refractivity contribution in [3.05, 3.63) is 22.2 Å². The smallest absolute Gasteiger partial charge is 0.404 e. The normalized spacial score (nSPS) is 10.9. The van der Waals surface area contributed by atoms with Crippen LogP contribution in [0.2, 0.25) is 0 Å². The Kier molecular flexibility index (Phi) is 3.09. The minimum absolute atomic E-state index is 0.0171. The van der Waals surface area contributed by atoms with Crippen LogP contribution in [-0.4, -0.2) is 6.36 Å². The maximum Gasteiger partial charge on any atom is 0.573 e. The summed E-state index contributed by atoms with van der Waals surface area (Å²) < 4.78 is 39.6. The van der Waals surface area contributed by atoms with Crippen LogP contribution in [-0.2, 0) is 0 Å². The Morgan fingerprint density at radius 2 is 2.00 bits per heavy atom. The number of nitriles is 1. The lowest BCUT2D eigenvalue weighted by atomic mass is 10.2. The molecule has 0 radical (unpaired) electrons. The summed E-state index contributed by atoms with van der Waals surface area (Å²) in [6, 6.07) is 3.80. The van der Waals surface area contributed by atoms with Gasteiger partial charge in [-0.25, -0.2) is 0 Å². The third kappa shape index (κ3) is 3.02. The zero-order valence-corrected chi connectivity index (χ0v) is 8.69. The zero-order chi connectivity index (χ0) is 11.6. The summed E-state index contributed by atoms with van der Waals surface area (Å²) in [7, 11) is 0. The maximum absolute atomic E-state index is 11.9. The van der Waals surface area contributed by atoms with Gasteiger partial charge in [0.2, 0.25) is 0 Å². The van der Waals surface area contributed by atoms with Gasteiger partial charge in [0.05, 0.1) is 11.3 Å². The van der Waals surface area contributed by atoms with E-state index in [4.69, 9.17) is 11.0 Å². The van der Waals surface area contributed by atoms with Crippen molar-refractivity contribution in [3.8, 4) is 11.8 Å². The van der Waals surface area contributed by atoms with Gasteiger partial charge >= 0.3 is 6.36 Å². The van der Waals surface area contributed by atoms with Gasteiger partial charge in [-0.2, -0.15) is 5.26 Å². The molecule has 0 aromatic heterocycles. The highest BCUT2D eigenvalue weighted by Crippen LogP contribution is 2.32. The Labute approximate surface area is 91.4 Å². The molecular weight excluding hydrogens is 277 g/mol. The van der Waals surface area contributed by atoms with Crippen LogP contribution in [0.15, 0.2) is 16.6 Å². The number of nitrogens with two attached hydrogens (primary N) is 1. The van der Waals surface area contributed by atoms with E-state index in [1.54, 1.807) is 6.07 Å². The first-order valence-electron chi connectivity index (χ1n) is 3.58. The number of halogens is 4. The molecule has 7 heteroatoms. The highest BCUT2D eigenvalue weighted by atomic mass is 79.9. The molecule has 1 aromatic rings. The molecule has 0 unspecified atom stereocenters. The third-order valence-corrected chi connectivity index (χ3v) is 2.10. The van der Waals surface area contributed by atoms with Crippen LogP contribution >= 0.6 is 15.9 Å². The van der Waals surface area contributed by atoms with Crippen molar-refractivity contribution in [1.82, 2.24) is 0 Å². The average Bonchev–Trinajstić information content (AvgIpc) is 2.07. The van der Waals surface area contributed by atoms with Crippen molar-refractivity contribution in [3.63, 3.8) is 0 Å². The predicted octanol–water partition coefficient (Wildman–Crippen LogP) is 2.80. The van der Waals surface area contributed by atoms with Crippen molar-refractivity contribution in [2.75, 3.05) is 5.73 Å². The lowest BCUT2D eigenvalue weighted by Crippen LogP contribution is -2.18. The second-order valence-corrected chi connectivity index (χ2v) is 3.38. The molecule has 0 bridgehead atoms. The molecule has 15 heavy (non-hydrogen) atoms. The number of hydrogen-bond acceptors (Lipinski definition) is 3. The van der Waals surface area contributed by atoms with Gasteiger partial charge < -0.3 is 10.5 Å². The molecule has 0 aliphatic heterocycles. The second kappa shape index (κ2) is 3.98. The van der Waals surface area contributed by atoms with Gasteiger partial charge in [-0.05, 0) is 22.0 Å². The summed E-state index contributed by atoms with van der Waals surface area (Å²) in [6.45, 7) is 0. The maximum atomic E-state index is 11.9. The fourth-order valence-electron chi connectivity index (χ4n) is 0.868. The SMILES string of the molecule is N#Cc1cc(OC(F)(F)F)c(N)cc1Br. The number of nitrogen functional groups attached to an aromatic ring is 1. The van der Waals surface area contributed by atoms with Gasteiger partial charge in [-0.15, -0.1) is 13.2 Å². The highest BCUT2D eigenvalue weighted by Gasteiger charge is 2.32. The fraction of sp³-hybridized carbons (Fsp3) is 0.125. The van der Waals surface area contributed by atoms with E-state index in [-0.39, 0.29) is 11.3 Å². The molecule has 0 saturated carbocycles. The first-order valence-corrected chi connectivity index (χ1v) is 4.37. The summed E-state index contributed by atoms with van der Waals surface area (Å²) in [6.07, 6.45) is -4.82. The Balaban J connectivity index is 3.15. The zero-order valence-electron chi connectivity index (χ0n) is 7.10. The topological polar surface area (TPSA) is 59.0 Å². The number of benzene rings is 1. The van der Waals surface area contributed by atoms with Crippen molar-refractivity contribution in [2.45, 2.75) is 6.36 Å². The summed E-state index contributed by atoms with van der Waals surface area (Å²) in [5.41, 5.74) is 5.11. The number of ether oxygens (including phenoxy) is 1. The van der Waals surface area contributed by atoms with Gasteiger partial charge in [0.25, 0.3) is 0 Å². The van der Waals surface area contributed by atoms with Crippen LogP contribution in [0, 0.1) is 11.3 Å². The van der Waals surface area contributed by atoms with Gasteiger partial charge in [0, 0.05) is 10.5 Å². The molecule has 0 amide bonds. The summed E-state index contributed by atoms with van der Waals surface area (Å²) in [5, 5.41) is 8.57. The Morgan fingerprint density at radius 1 is 1.40 bits per heavy atom. The first kappa shape index (κ1) is 11.7. The van der Waals surface area contributed by atoms with Crippen LogP contribution in [0.3, 0.4) is 0 Å². The Bertz CT molecular complexity index is 425. The molecule has 1 aromatic carbocycles. The number of rotatable bonds is 1. The van der Waals surface area contributed by atoms with E-state index in [2.05, 4.69) is 20.7 Å². The average molecular weight is 281 g/mol. The summed E-state index contributed by atoms with van der Waals surface area (Å²) in [5.74, 6) is -0.581. The molecule has 0 aliphatic carbocycles. The Morgan fingerprint density at radius 3 is 2.47 bits per heavy atom. The van der Waals surface area contributed by atoms with E-state index >= 15 is 0 Å². The quantitative estimate of drug-likeness (QED) is 0.805. The van der Waals surface area contributed by atoms with Crippen molar-refractivity contribution in [1.29, 1.82) is 5.26 Å². The van der Waals surface area contributed by atoms with Gasteiger partial charge in [-0.3, -0.25) is 0 Å². The molecule has 3 nitrogen and oxygen atoms in total. The Hall–Kier alpha value is -1.42. The van der Waals surface area contributed by atoms with Gasteiger partial charge in [0.1, 0.15) is 6.07 Å². The molecule has 80 valence electrons. The minimum Gasteiger partial charge on any atom is -0.404 e. The van der Waals surface area contributed by atoms with Crippen molar-refractivity contribution < 1.29 is 17.9 Å². The van der Waals surface area contributed by atoms with Gasteiger partial charge in [-0.1, -0.05) is 0 Å². The fourth-order valence-corrected chi connectivity index (χ4v) is 1.32. The molecule has 0 aliphatic rings. The van der Waals surface area contributed by atoms with E-state index in [0.717, 1.165) is 6.07 Å². The summed E-state index contributed by atoms with van der Waals surface area (Å²) >= 11 is 2.98. The molecule has 0 spiro atoms. The number of nitrogens with zero attached hydrogens (tertiary/aromatic N) is 1. The predicted molar refractivity (Wildman–Crippen MR) is 50.0 cm³/mol. The van der Waals surface area contributed by atoms with E-state index in [0.29, 0.717) is 4.47 Å². The van der Waals surface area contributed by atoms with Crippen LogP contribution < -0.4 is 10.5 Å². The van der Waals surface area contributed by atoms with Crippen LogP contribution in [0.4, 0.5) is 18.9 Å². The largest absolute Gasteiger partial charge is 0.573 e. The minimum atomic E-state index is -4.82. The molecule has 1 rings (SSSR count). The van der Waals surface area contributed by atoms with Crippen molar-refractivity contribution in [2.24, 2.45) is 0 Å². The van der Waals surface area contributed by atoms with E-state index in [1.165, 1.54) is 6.07 Å². The van der Waals surface area contributed by atoms with Crippen LogP contribution in [0.5, 0.6) is 5.75 Å². The van der Waals surface area contributed by atoms with Gasteiger partial charge in [0.15, 0.2) is 5.75 Å². The van der Waals surface area contributed by atoms with E-state index in [9.17, 15) is 13.2 Å². The molecule has 0 fully saturated rings. The molecule has 0 atom stereocenters. The first-order chi connectivity index (χ1) is 6.83. The van der Waals surface area contributed by atoms with Crippen LogP contribution in [0.25, 0.3) is 0 Å². The van der Waals surface area contributed by atoms with Crippen molar-refractivity contribution >= 4 is 21.6 Å². The number of anilines is 1.